The molecule has 0 aliphatic carbocycles. The van der Waals surface area contributed by atoms with Crippen LogP contribution in [0.25, 0.3) is 5.65 Å². The SMILES string of the molecule is O=S(=O)(Nc1ccc(C2(O)CSC(=S)N2Cc2ccc3nccn3c2)cc1)c1ccc2c(c1)OCCO2. The molecular weight excluding hydrogens is 532 g/mol. The second-order valence-electron chi connectivity index (χ2n) is 8.68. The summed E-state index contributed by atoms with van der Waals surface area (Å²) in [4.78, 5) is 6.12. The van der Waals surface area contributed by atoms with E-state index in [-0.39, 0.29) is 4.90 Å². The Balaban J connectivity index is 1.22. The maximum atomic E-state index is 13.0. The van der Waals surface area contributed by atoms with Crippen LogP contribution in [0.4, 0.5) is 5.69 Å². The Hall–Kier alpha value is -3.32. The van der Waals surface area contributed by atoms with Gasteiger partial charge in [0, 0.05) is 42.5 Å². The molecule has 9 nitrogen and oxygen atoms in total. The highest BCUT2D eigenvalue weighted by atomic mass is 32.2. The zero-order valence-electron chi connectivity index (χ0n) is 19.4. The van der Waals surface area contributed by atoms with Crippen LogP contribution in [0.1, 0.15) is 11.1 Å². The molecule has 1 saturated heterocycles. The second-order valence-corrected chi connectivity index (χ2v) is 12.0. The third-order valence-electron chi connectivity index (χ3n) is 6.28. The van der Waals surface area contributed by atoms with Crippen molar-refractivity contribution in [2.45, 2.75) is 17.2 Å². The topological polar surface area (TPSA) is 105 Å². The summed E-state index contributed by atoms with van der Waals surface area (Å²) in [6.07, 6.45) is 5.56. The molecule has 2 N–H and O–H groups in total. The Labute approximate surface area is 223 Å². The average molecular weight is 555 g/mol. The lowest BCUT2D eigenvalue weighted by Gasteiger charge is -2.34. The fourth-order valence-corrected chi connectivity index (χ4v) is 6.84. The number of benzene rings is 2. The number of aromatic nitrogens is 2. The fraction of sp³-hybridized carbons (Fsp3) is 0.200. The van der Waals surface area contributed by atoms with Crippen LogP contribution in [0.3, 0.4) is 0 Å². The van der Waals surface area contributed by atoms with Crippen molar-refractivity contribution >= 4 is 49.7 Å². The molecule has 1 fully saturated rings. The number of ether oxygens (including phenoxy) is 2. The third-order valence-corrected chi connectivity index (χ3v) is 9.25. The first-order valence-electron chi connectivity index (χ1n) is 11.4. The lowest BCUT2D eigenvalue weighted by atomic mass is 10.0. The van der Waals surface area contributed by atoms with Gasteiger partial charge in [0.1, 0.15) is 23.2 Å². The average Bonchev–Trinajstić information content (AvgIpc) is 3.49. The van der Waals surface area contributed by atoms with Crippen LogP contribution in [0.2, 0.25) is 0 Å². The largest absolute Gasteiger partial charge is 0.486 e. The van der Waals surface area contributed by atoms with Crippen molar-refractivity contribution in [3.05, 3.63) is 84.3 Å². The molecule has 0 amide bonds. The van der Waals surface area contributed by atoms with Gasteiger partial charge in [0.25, 0.3) is 10.0 Å². The van der Waals surface area contributed by atoms with E-state index < -0.39 is 15.7 Å². The van der Waals surface area contributed by atoms with Gasteiger partial charge in [-0.15, -0.1) is 0 Å². The predicted molar refractivity (Wildman–Crippen MR) is 144 cm³/mol. The van der Waals surface area contributed by atoms with Gasteiger partial charge in [-0.05, 0) is 35.9 Å². The zero-order valence-corrected chi connectivity index (χ0v) is 21.9. The first-order chi connectivity index (χ1) is 17.8. The molecule has 0 spiro atoms. The van der Waals surface area contributed by atoms with Crippen LogP contribution in [0.5, 0.6) is 11.5 Å². The molecule has 4 heterocycles. The van der Waals surface area contributed by atoms with Crippen molar-refractivity contribution < 1.29 is 23.0 Å². The number of nitrogens with zero attached hydrogens (tertiary/aromatic N) is 3. The van der Waals surface area contributed by atoms with Crippen molar-refractivity contribution in [3.8, 4) is 11.5 Å². The minimum Gasteiger partial charge on any atom is -0.486 e. The van der Waals surface area contributed by atoms with E-state index in [4.69, 9.17) is 21.7 Å². The number of hydrogen-bond donors (Lipinski definition) is 2. The van der Waals surface area contributed by atoms with Gasteiger partial charge >= 0.3 is 0 Å². The zero-order chi connectivity index (χ0) is 25.6. The molecule has 1 atom stereocenters. The van der Waals surface area contributed by atoms with Crippen molar-refractivity contribution in [1.29, 1.82) is 0 Å². The second kappa shape index (κ2) is 9.21. The molecule has 1 unspecified atom stereocenters. The molecule has 4 aromatic rings. The smallest absolute Gasteiger partial charge is 0.262 e. The number of sulfonamides is 1. The van der Waals surface area contributed by atoms with E-state index >= 15 is 0 Å². The quantitative estimate of drug-likeness (QED) is 0.346. The van der Waals surface area contributed by atoms with Crippen LogP contribution in [0.15, 0.2) is 78.1 Å². The van der Waals surface area contributed by atoms with E-state index in [2.05, 4.69) is 9.71 Å². The highest BCUT2D eigenvalue weighted by Gasteiger charge is 2.44. The molecule has 0 saturated carbocycles. The Morgan fingerprint density at radius 1 is 1.08 bits per heavy atom. The van der Waals surface area contributed by atoms with Gasteiger partial charge in [-0.3, -0.25) is 4.72 Å². The van der Waals surface area contributed by atoms with Crippen molar-refractivity contribution in [2.24, 2.45) is 0 Å². The number of fused-ring (bicyclic) bond motifs is 2. The molecular formula is C25H22N4O5S3. The van der Waals surface area contributed by atoms with E-state index in [1.54, 1.807) is 41.4 Å². The van der Waals surface area contributed by atoms with Gasteiger partial charge in [0.15, 0.2) is 17.2 Å². The Bertz CT molecular complexity index is 1610. The number of pyridine rings is 1. The lowest BCUT2D eigenvalue weighted by Crippen LogP contribution is -2.44. The highest BCUT2D eigenvalue weighted by molar-refractivity contribution is 8.23. The maximum Gasteiger partial charge on any atom is 0.262 e. The molecule has 190 valence electrons. The molecule has 2 aliphatic heterocycles. The van der Waals surface area contributed by atoms with Gasteiger partial charge in [0.05, 0.1) is 10.6 Å². The summed E-state index contributed by atoms with van der Waals surface area (Å²) in [5.41, 5.74) is 1.46. The Morgan fingerprint density at radius 3 is 2.68 bits per heavy atom. The standard InChI is InChI=1S/C25H22N4O5S3/c30-25(16-36-24(35)29(25)15-17-1-8-23-26-9-10-28(23)14-17)18-2-4-19(5-3-18)27-37(31,32)20-6-7-21-22(13-20)34-12-11-33-21/h1-10,13-14,27,30H,11-12,15-16H2. The first-order valence-corrected chi connectivity index (χ1v) is 14.3. The molecule has 2 aromatic heterocycles. The predicted octanol–water partition coefficient (Wildman–Crippen LogP) is 3.59. The molecule has 0 bridgehead atoms. The molecule has 6 rings (SSSR count). The van der Waals surface area contributed by atoms with Crippen LogP contribution in [-0.2, 0) is 22.3 Å². The number of thiocarbonyl (C=S) groups is 1. The summed E-state index contributed by atoms with van der Waals surface area (Å²) >= 11 is 6.97. The Kier molecular flexibility index (Phi) is 5.98. The monoisotopic (exact) mass is 554 g/mol. The van der Waals surface area contributed by atoms with Gasteiger partial charge in [-0.25, -0.2) is 13.4 Å². The fourth-order valence-electron chi connectivity index (χ4n) is 4.36. The normalized spacial score (nSPS) is 19.4. The minimum atomic E-state index is -3.86. The van der Waals surface area contributed by atoms with Gasteiger partial charge in [-0.1, -0.05) is 42.2 Å². The summed E-state index contributed by atoms with van der Waals surface area (Å²) in [7, 11) is -3.86. The summed E-state index contributed by atoms with van der Waals surface area (Å²) in [6, 6.07) is 15.1. The number of hydrogen-bond acceptors (Lipinski definition) is 8. The number of nitrogens with one attached hydrogen (secondary N) is 1. The van der Waals surface area contributed by atoms with Crippen LogP contribution in [0, 0.1) is 0 Å². The third kappa shape index (κ3) is 4.50. The molecule has 37 heavy (non-hydrogen) atoms. The van der Waals surface area contributed by atoms with Crippen molar-refractivity contribution in [3.63, 3.8) is 0 Å². The number of anilines is 1. The van der Waals surface area contributed by atoms with E-state index in [9.17, 15) is 13.5 Å². The summed E-state index contributed by atoms with van der Waals surface area (Å²) in [5, 5.41) is 11.7. The van der Waals surface area contributed by atoms with E-state index in [0.717, 1.165) is 11.2 Å². The Morgan fingerprint density at radius 2 is 1.86 bits per heavy atom. The van der Waals surface area contributed by atoms with Crippen LogP contribution in [-0.4, -0.2) is 51.1 Å². The highest BCUT2D eigenvalue weighted by Crippen LogP contribution is 2.40. The number of aliphatic hydroxyl groups is 1. The minimum absolute atomic E-state index is 0.0676. The lowest BCUT2D eigenvalue weighted by molar-refractivity contribution is -0.0508. The summed E-state index contributed by atoms with van der Waals surface area (Å²) < 4.78 is 42.0. The first kappa shape index (κ1) is 24.0. The number of imidazole rings is 1. The van der Waals surface area contributed by atoms with E-state index in [0.29, 0.717) is 52.6 Å². The van der Waals surface area contributed by atoms with E-state index in [1.807, 2.05) is 28.9 Å². The number of thioether (sulfide) groups is 1. The van der Waals surface area contributed by atoms with Gasteiger partial charge in [0.2, 0.25) is 0 Å². The molecule has 0 radical (unpaired) electrons. The molecule has 2 aliphatic rings. The number of rotatable bonds is 6. The summed E-state index contributed by atoms with van der Waals surface area (Å²) in [6.45, 7) is 1.21. The van der Waals surface area contributed by atoms with Crippen molar-refractivity contribution in [2.75, 3.05) is 23.7 Å². The van der Waals surface area contributed by atoms with Gasteiger partial charge in [-0.2, -0.15) is 0 Å². The van der Waals surface area contributed by atoms with Crippen molar-refractivity contribution in [1.82, 2.24) is 14.3 Å². The van der Waals surface area contributed by atoms with Crippen LogP contribution >= 0.6 is 24.0 Å². The summed E-state index contributed by atoms with van der Waals surface area (Å²) in [5.74, 6) is 1.28. The molecule has 12 heteroatoms. The van der Waals surface area contributed by atoms with Crippen LogP contribution < -0.4 is 14.2 Å². The molecule has 2 aromatic carbocycles. The van der Waals surface area contributed by atoms with E-state index in [1.165, 1.54) is 23.9 Å². The maximum absolute atomic E-state index is 13.0. The van der Waals surface area contributed by atoms with Gasteiger partial charge < -0.3 is 23.9 Å².